The summed E-state index contributed by atoms with van der Waals surface area (Å²) in [6.45, 7) is 0.514. The van der Waals surface area contributed by atoms with E-state index in [4.69, 9.17) is 10.3 Å². The summed E-state index contributed by atoms with van der Waals surface area (Å²) >= 11 is 0. The second-order valence-electron chi connectivity index (χ2n) is 3.97. The number of benzene rings is 1. The van der Waals surface area contributed by atoms with Crippen LogP contribution in [0.4, 0.5) is 0 Å². The van der Waals surface area contributed by atoms with E-state index in [2.05, 4.69) is 15.1 Å². The van der Waals surface area contributed by atoms with Crippen molar-refractivity contribution in [1.29, 1.82) is 0 Å². The van der Waals surface area contributed by atoms with Crippen LogP contribution in [0, 0.1) is 0 Å². The van der Waals surface area contributed by atoms with Gasteiger partial charge in [0.1, 0.15) is 0 Å². The van der Waals surface area contributed by atoms with Crippen LogP contribution in [0.15, 0.2) is 41.1 Å². The van der Waals surface area contributed by atoms with E-state index >= 15 is 0 Å². The molecule has 0 atom stereocenters. The molecule has 0 saturated carbocycles. The summed E-state index contributed by atoms with van der Waals surface area (Å²) in [5.41, 5.74) is 7.29. The molecule has 0 radical (unpaired) electrons. The standard InChI is InChI=1S/C13H12N4O/c14-6-5-12-16-13(18-17-12)10-3-4-11-9(8-10)2-1-7-15-11/h1-4,7-8H,5-6,14H2. The lowest BCUT2D eigenvalue weighted by Crippen LogP contribution is -2.03. The van der Waals surface area contributed by atoms with Crippen molar-refractivity contribution >= 4 is 10.9 Å². The first-order chi connectivity index (χ1) is 8.86. The number of nitrogens with zero attached hydrogens (tertiary/aromatic N) is 3. The van der Waals surface area contributed by atoms with Crippen molar-refractivity contribution in [2.24, 2.45) is 5.73 Å². The molecule has 90 valence electrons. The minimum Gasteiger partial charge on any atom is -0.334 e. The maximum absolute atomic E-state index is 5.45. The quantitative estimate of drug-likeness (QED) is 0.755. The molecule has 18 heavy (non-hydrogen) atoms. The van der Waals surface area contributed by atoms with E-state index in [9.17, 15) is 0 Å². The Labute approximate surface area is 104 Å². The fourth-order valence-electron chi connectivity index (χ4n) is 1.81. The van der Waals surface area contributed by atoms with Gasteiger partial charge >= 0.3 is 0 Å². The zero-order chi connectivity index (χ0) is 12.4. The minimum absolute atomic E-state index is 0.514. The average Bonchev–Trinajstić information content (AvgIpc) is 2.87. The first-order valence-corrected chi connectivity index (χ1v) is 5.74. The smallest absolute Gasteiger partial charge is 0.257 e. The molecule has 0 fully saturated rings. The van der Waals surface area contributed by atoms with Gasteiger partial charge in [-0.2, -0.15) is 4.98 Å². The van der Waals surface area contributed by atoms with Crippen LogP contribution in [-0.4, -0.2) is 21.7 Å². The van der Waals surface area contributed by atoms with Gasteiger partial charge in [-0.25, -0.2) is 0 Å². The number of fused-ring (bicyclic) bond motifs is 1. The fraction of sp³-hybridized carbons (Fsp3) is 0.154. The average molecular weight is 240 g/mol. The lowest BCUT2D eigenvalue weighted by atomic mass is 10.1. The zero-order valence-corrected chi connectivity index (χ0v) is 9.71. The van der Waals surface area contributed by atoms with Crippen LogP contribution in [0.25, 0.3) is 22.4 Å². The lowest BCUT2D eigenvalue weighted by molar-refractivity contribution is 0.422. The van der Waals surface area contributed by atoms with Crippen molar-refractivity contribution in [3.05, 3.63) is 42.4 Å². The van der Waals surface area contributed by atoms with Gasteiger partial charge in [0.25, 0.3) is 5.89 Å². The summed E-state index contributed by atoms with van der Waals surface area (Å²) in [4.78, 5) is 8.57. The molecule has 0 spiro atoms. The third kappa shape index (κ3) is 1.96. The third-order valence-corrected chi connectivity index (χ3v) is 2.69. The SMILES string of the molecule is NCCc1noc(-c2ccc3ncccc3c2)n1. The number of hydrogen-bond acceptors (Lipinski definition) is 5. The largest absolute Gasteiger partial charge is 0.334 e. The van der Waals surface area contributed by atoms with Crippen LogP contribution < -0.4 is 5.73 Å². The summed E-state index contributed by atoms with van der Waals surface area (Å²) in [5.74, 6) is 1.16. The molecule has 5 nitrogen and oxygen atoms in total. The second-order valence-corrected chi connectivity index (χ2v) is 3.97. The Morgan fingerprint density at radius 3 is 3.06 bits per heavy atom. The number of hydrogen-bond donors (Lipinski definition) is 1. The molecule has 2 heterocycles. The van der Waals surface area contributed by atoms with Gasteiger partial charge in [-0.1, -0.05) is 11.2 Å². The van der Waals surface area contributed by atoms with Crippen LogP contribution in [-0.2, 0) is 6.42 Å². The number of rotatable bonds is 3. The molecule has 0 aliphatic heterocycles. The Balaban J connectivity index is 2.02. The van der Waals surface area contributed by atoms with Crippen LogP contribution in [0.5, 0.6) is 0 Å². The summed E-state index contributed by atoms with van der Waals surface area (Å²) in [6, 6.07) is 9.76. The van der Waals surface area contributed by atoms with Crippen LogP contribution in [0.3, 0.4) is 0 Å². The molecule has 0 aliphatic carbocycles. The Kier molecular flexibility index (Phi) is 2.74. The number of nitrogens with two attached hydrogens (primary N) is 1. The van der Waals surface area contributed by atoms with Crippen LogP contribution in [0.1, 0.15) is 5.82 Å². The van der Waals surface area contributed by atoms with Crippen molar-refractivity contribution in [1.82, 2.24) is 15.1 Å². The van der Waals surface area contributed by atoms with E-state index in [0.717, 1.165) is 16.5 Å². The van der Waals surface area contributed by atoms with E-state index in [-0.39, 0.29) is 0 Å². The highest BCUT2D eigenvalue weighted by Crippen LogP contribution is 2.21. The third-order valence-electron chi connectivity index (χ3n) is 2.69. The van der Waals surface area contributed by atoms with Gasteiger partial charge in [0.2, 0.25) is 0 Å². The van der Waals surface area contributed by atoms with Crippen LogP contribution >= 0.6 is 0 Å². The molecule has 0 aliphatic rings. The molecule has 1 aromatic carbocycles. The number of aromatic nitrogens is 3. The molecular formula is C13H12N4O. The monoisotopic (exact) mass is 240 g/mol. The molecule has 0 bridgehead atoms. The van der Waals surface area contributed by atoms with Gasteiger partial charge in [-0.3, -0.25) is 4.98 Å². The van der Waals surface area contributed by atoms with Crippen molar-refractivity contribution < 1.29 is 4.52 Å². The minimum atomic E-state index is 0.514. The predicted molar refractivity (Wildman–Crippen MR) is 67.8 cm³/mol. The Bertz CT molecular complexity index is 677. The molecule has 3 rings (SSSR count). The van der Waals surface area contributed by atoms with Crippen molar-refractivity contribution in [3.63, 3.8) is 0 Å². The van der Waals surface area contributed by atoms with Gasteiger partial charge in [0, 0.05) is 23.6 Å². The Morgan fingerprint density at radius 2 is 2.17 bits per heavy atom. The molecular weight excluding hydrogens is 228 g/mol. The van der Waals surface area contributed by atoms with Crippen molar-refractivity contribution in [3.8, 4) is 11.5 Å². The first-order valence-electron chi connectivity index (χ1n) is 5.74. The highest BCUT2D eigenvalue weighted by Gasteiger charge is 2.08. The van der Waals surface area contributed by atoms with E-state index in [1.165, 1.54) is 0 Å². The Hall–Kier alpha value is -2.27. The molecule has 2 N–H and O–H groups in total. The molecule has 2 aromatic heterocycles. The Morgan fingerprint density at radius 1 is 1.22 bits per heavy atom. The first kappa shape index (κ1) is 10.9. The van der Waals surface area contributed by atoms with E-state index in [0.29, 0.717) is 24.7 Å². The number of pyridine rings is 1. The normalized spacial score (nSPS) is 10.9. The summed E-state index contributed by atoms with van der Waals surface area (Å²) < 4.78 is 5.22. The topological polar surface area (TPSA) is 77.8 Å². The van der Waals surface area contributed by atoms with Crippen molar-refractivity contribution in [2.75, 3.05) is 6.54 Å². The molecule has 0 amide bonds. The maximum Gasteiger partial charge on any atom is 0.257 e. The van der Waals surface area contributed by atoms with Gasteiger partial charge in [0.15, 0.2) is 5.82 Å². The fourth-order valence-corrected chi connectivity index (χ4v) is 1.81. The second kappa shape index (κ2) is 4.54. The lowest BCUT2D eigenvalue weighted by Gasteiger charge is -1.98. The zero-order valence-electron chi connectivity index (χ0n) is 9.71. The van der Waals surface area contributed by atoms with E-state index in [1.54, 1.807) is 6.20 Å². The van der Waals surface area contributed by atoms with E-state index in [1.807, 2.05) is 30.3 Å². The summed E-state index contributed by atoms with van der Waals surface area (Å²) in [6.07, 6.45) is 2.40. The summed E-state index contributed by atoms with van der Waals surface area (Å²) in [7, 11) is 0. The van der Waals surface area contributed by atoms with Crippen LogP contribution in [0.2, 0.25) is 0 Å². The highest BCUT2D eigenvalue weighted by atomic mass is 16.5. The van der Waals surface area contributed by atoms with Gasteiger partial charge < -0.3 is 10.3 Å². The molecule has 0 saturated heterocycles. The summed E-state index contributed by atoms with van der Waals surface area (Å²) in [5, 5.41) is 4.93. The highest BCUT2D eigenvalue weighted by molar-refractivity contribution is 5.82. The van der Waals surface area contributed by atoms with Gasteiger partial charge in [0.05, 0.1) is 5.52 Å². The molecule has 5 heteroatoms. The van der Waals surface area contributed by atoms with Crippen molar-refractivity contribution in [2.45, 2.75) is 6.42 Å². The predicted octanol–water partition coefficient (Wildman–Crippen LogP) is 1.79. The van der Waals surface area contributed by atoms with Gasteiger partial charge in [-0.15, -0.1) is 0 Å². The van der Waals surface area contributed by atoms with E-state index < -0.39 is 0 Å². The maximum atomic E-state index is 5.45. The van der Waals surface area contributed by atoms with Gasteiger partial charge in [-0.05, 0) is 30.8 Å². The molecule has 3 aromatic rings. The molecule has 0 unspecified atom stereocenters.